The second kappa shape index (κ2) is 10.8. The van der Waals surface area contributed by atoms with E-state index >= 15 is 0 Å². The van der Waals surface area contributed by atoms with E-state index in [9.17, 15) is 4.79 Å². The zero-order valence-electron chi connectivity index (χ0n) is 19.7. The van der Waals surface area contributed by atoms with Gasteiger partial charge in [-0.1, -0.05) is 62.2 Å². The van der Waals surface area contributed by atoms with Crippen LogP contribution in [0.5, 0.6) is 5.75 Å². The number of ether oxygens (including phenoxy) is 1. The minimum atomic E-state index is -0.132. The molecule has 1 saturated carbocycles. The molecule has 1 aliphatic rings. The third-order valence-electron chi connectivity index (χ3n) is 7.29. The first kappa shape index (κ1) is 23.8. The number of hydrogen-bond donors (Lipinski definition) is 2. The van der Waals surface area contributed by atoms with Crippen molar-refractivity contribution < 1.29 is 4.74 Å². The number of aromatic amines is 1. The van der Waals surface area contributed by atoms with Gasteiger partial charge in [0, 0.05) is 23.0 Å². The van der Waals surface area contributed by atoms with Crippen molar-refractivity contribution in [2.75, 3.05) is 6.54 Å². The summed E-state index contributed by atoms with van der Waals surface area (Å²) in [5.41, 5.74) is 1.42. The summed E-state index contributed by atoms with van der Waals surface area (Å²) < 4.78 is 6.41. The van der Waals surface area contributed by atoms with E-state index in [4.69, 9.17) is 16.3 Å². The molecule has 0 saturated heterocycles. The summed E-state index contributed by atoms with van der Waals surface area (Å²) in [5.74, 6) is 0.667. The largest absolute Gasteiger partial charge is 0.489 e. The van der Waals surface area contributed by atoms with Crippen LogP contribution in [-0.2, 0) is 5.41 Å². The molecule has 4 nitrogen and oxygen atoms in total. The molecule has 0 bridgehead atoms. The SMILES string of the molecule is CCCCNC(CC)[C@]1(c2ccccc2)CC[C@H](Oc2cc3cc[nH]c(=O)c3cc2Cl)CC1. The fourth-order valence-electron chi connectivity index (χ4n) is 5.47. The summed E-state index contributed by atoms with van der Waals surface area (Å²) in [7, 11) is 0. The van der Waals surface area contributed by atoms with Gasteiger partial charge in [-0.3, -0.25) is 4.79 Å². The standard InChI is InChI=1S/C28H35ClN2O2/c1-3-5-16-30-26(4-2)28(21-9-7-6-8-10-21)14-11-22(12-15-28)33-25-18-20-13-17-31-27(32)23(20)19-24(25)29/h6-10,13,17-19,22,26,30H,3-5,11-12,14-16H2,1-2H3,(H,31,32)/t22-,26?,28+. The molecule has 1 unspecified atom stereocenters. The zero-order valence-corrected chi connectivity index (χ0v) is 20.5. The van der Waals surface area contributed by atoms with E-state index in [0.717, 1.165) is 44.0 Å². The van der Waals surface area contributed by atoms with Crippen LogP contribution in [0.2, 0.25) is 5.02 Å². The lowest BCUT2D eigenvalue weighted by Crippen LogP contribution is -2.51. The van der Waals surface area contributed by atoms with Gasteiger partial charge in [0.1, 0.15) is 5.75 Å². The van der Waals surface area contributed by atoms with Gasteiger partial charge in [0.25, 0.3) is 5.56 Å². The molecule has 5 heteroatoms. The number of halogens is 1. The number of fused-ring (bicyclic) bond motifs is 1. The maximum absolute atomic E-state index is 12.1. The number of aromatic nitrogens is 1. The van der Waals surface area contributed by atoms with E-state index in [1.165, 1.54) is 18.4 Å². The van der Waals surface area contributed by atoms with Crippen molar-refractivity contribution in [1.82, 2.24) is 10.3 Å². The molecule has 1 aromatic heterocycles. The van der Waals surface area contributed by atoms with Crippen LogP contribution in [0.3, 0.4) is 0 Å². The zero-order chi connectivity index (χ0) is 23.3. The van der Waals surface area contributed by atoms with Gasteiger partial charge in [0.05, 0.1) is 11.1 Å². The van der Waals surface area contributed by atoms with E-state index < -0.39 is 0 Å². The topological polar surface area (TPSA) is 54.1 Å². The minimum Gasteiger partial charge on any atom is -0.489 e. The summed E-state index contributed by atoms with van der Waals surface area (Å²) >= 11 is 6.50. The molecular weight excluding hydrogens is 432 g/mol. The third kappa shape index (κ3) is 5.12. The van der Waals surface area contributed by atoms with Gasteiger partial charge in [0.15, 0.2) is 0 Å². The Hall–Kier alpha value is -2.30. The average molecular weight is 467 g/mol. The summed E-state index contributed by atoms with van der Waals surface area (Å²) in [6, 6.07) is 17.0. The Morgan fingerprint density at radius 1 is 1.15 bits per heavy atom. The van der Waals surface area contributed by atoms with Gasteiger partial charge in [-0.2, -0.15) is 0 Å². The molecule has 0 spiro atoms. The molecule has 0 radical (unpaired) electrons. The highest BCUT2D eigenvalue weighted by Gasteiger charge is 2.42. The van der Waals surface area contributed by atoms with Crippen LogP contribution < -0.4 is 15.6 Å². The Morgan fingerprint density at radius 3 is 2.61 bits per heavy atom. The van der Waals surface area contributed by atoms with Crippen molar-refractivity contribution in [3.8, 4) is 5.75 Å². The molecule has 1 atom stereocenters. The van der Waals surface area contributed by atoms with Crippen LogP contribution in [0.1, 0.15) is 64.4 Å². The lowest BCUT2D eigenvalue weighted by atomic mass is 9.63. The first-order valence-corrected chi connectivity index (χ1v) is 12.7. The van der Waals surface area contributed by atoms with Crippen LogP contribution in [-0.4, -0.2) is 23.7 Å². The lowest BCUT2D eigenvalue weighted by Gasteiger charge is -2.46. The van der Waals surface area contributed by atoms with Crippen molar-refractivity contribution in [2.24, 2.45) is 0 Å². The highest BCUT2D eigenvalue weighted by Crippen LogP contribution is 2.44. The predicted octanol–water partition coefficient (Wildman–Crippen LogP) is 6.61. The van der Waals surface area contributed by atoms with Crippen LogP contribution >= 0.6 is 11.6 Å². The van der Waals surface area contributed by atoms with Crippen molar-refractivity contribution in [3.05, 3.63) is 75.7 Å². The highest BCUT2D eigenvalue weighted by atomic mass is 35.5. The van der Waals surface area contributed by atoms with E-state index in [2.05, 4.69) is 54.5 Å². The van der Waals surface area contributed by atoms with Gasteiger partial charge >= 0.3 is 0 Å². The number of hydrogen-bond acceptors (Lipinski definition) is 3. The molecule has 1 fully saturated rings. The van der Waals surface area contributed by atoms with Gasteiger partial charge in [-0.15, -0.1) is 0 Å². The van der Waals surface area contributed by atoms with E-state index in [0.29, 0.717) is 22.2 Å². The van der Waals surface area contributed by atoms with Gasteiger partial charge in [-0.25, -0.2) is 0 Å². The number of pyridine rings is 1. The van der Waals surface area contributed by atoms with E-state index in [1.54, 1.807) is 12.3 Å². The Balaban J connectivity index is 1.53. The molecule has 176 valence electrons. The van der Waals surface area contributed by atoms with Crippen LogP contribution in [0.15, 0.2) is 59.5 Å². The number of benzene rings is 2. The summed E-state index contributed by atoms with van der Waals surface area (Å²) in [4.78, 5) is 14.8. The van der Waals surface area contributed by atoms with Crippen LogP contribution in [0.4, 0.5) is 0 Å². The van der Waals surface area contributed by atoms with Gasteiger partial charge in [-0.05, 0) is 74.2 Å². The molecule has 33 heavy (non-hydrogen) atoms. The first-order chi connectivity index (χ1) is 16.1. The number of unbranched alkanes of at least 4 members (excludes halogenated alkanes) is 1. The average Bonchev–Trinajstić information content (AvgIpc) is 2.84. The second-order valence-electron chi connectivity index (χ2n) is 9.28. The Bertz CT molecular complexity index is 1100. The number of H-pyrrole nitrogens is 1. The number of rotatable bonds is 9. The van der Waals surface area contributed by atoms with Crippen molar-refractivity contribution >= 4 is 22.4 Å². The fraction of sp³-hybridized carbons (Fsp3) is 0.464. The Morgan fingerprint density at radius 2 is 1.91 bits per heavy atom. The highest BCUT2D eigenvalue weighted by molar-refractivity contribution is 6.32. The summed E-state index contributed by atoms with van der Waals surface area (Å²) in [6.07, 6.45) is 9.39. The maximum atomic E-state index is 12.1. The fourth-order valence-corrected chi connectivity index (χ4v) is 5.68. The molecule has 2 aromatic carbocycles. The molecule has 0 amide bonds. The molecule has 1 aliphatic carbocycles. The molecule has 3 aromatic rings. The molecule has 4 rings (SSSR count). The predicted molar refractivity (Wildman–Crippen MR) is 138 cm³/mol. The van der Waals surface area contributed by atoms with Crippen LogP contribution in [0, 0.1) is 0 Å². The van der Waals surface area contributed by atoms with Crippen molar-refractivity contribution in [1.29, 1.82) is 0 Å². The first-order valence-electron chi connectivity index (χ1n) is 12.3. The minimum absolute atomic E-state index is 0.115. The number of nitrogens with one attached hydrogen (secondary N) is 2. The van der Waals surface area contributed by atoms with Gasteiger partial charge < -0.3 is 15.0 Å². The monoisotopic (exact) mass is 466 g/mol. The molecular formula is C28H35ClN2O2. The Kier molecular flexibility index (Phi) is 7.77. The summed E-state index contributed by atoms with van der Waals surface area (Å²) in [6.45, 7) is 5.61. The normalized spacial score (nSPS) is 21.7. The van der Waals surface area contributed by atoms with Crippen LogP contribution in [0.25, 0.3) is 10.8 Å². The second-order valence-corrected chi connectivity index (χ2v) is 9.69. The maximum Gasteiger partial charge on any atom is 0.255 e. The summed E-state index contributed by atoms with van der Waals surface area (Å²) in [5, 5.41) is 5.81. The quantitative estimate of drug-likeness (QED) is 0.349. The van der Waals surface area contributed by atoms with Gasteiger partial charge in [0.2, 0.25) is 0 Å². The third-order valence-corrected chi connectivity index (χ3v) is 7.58. The van der Waals surface area contributed by atoms with E-state index in [1.807, 2.05) is 12.1 Å². The molecule has 0 aliphatic heterocycles. The smallest absolute Gasteiger partial charge is 0.255 e. The molecule has 1 heterocycles. The molecule has 2 N–H and O–H groups in total. The van der Waals surface area contributed by atoms with Crippen molar-refractivity contribution in [3.63, 3.8) is 0 Å². The van der Waals surface area contributed by atoms with E-state index in [-0.39, 0.29) is 17.1 Å². The van der Waals surface area contributed by atoms with Crippen molar-refractivity contribution in [2.45, 2.75) is 76.4 Å². The lowest BCUT2D eigenvalue weighted by molar-refractivity contribution is 0.0960. The Labute approximate surface area is 201 Å².